The van der Waals surface area contributed by atoms with Crippen molar-refractivity contribution < 1.29 is 4.74 Å². The van der Waals surface area contributed by atoms with Crippen LogP contribution in [0.25, 0.3) is 11.3 Å². The molecule has 1 heterocycles. The number of ether oxygens (including phenoxy) is 1. The van der Waals surface area contributed by atoms with Crippen molar-refractivity contribution in [1.82, 2.24) is 10.2 Å². The van der Waals surface area contributed by atoms with Gasteiger partial charge in [0.15, 0.2) is 0 Å². The van der Waals surface area contributed by atoms with E-state index in [-0.39, 0.29) is 0 Å². The van der Waals surface area contributed by atoms with Gasteiger partial charge in [0.2, 0.25) is 0 Å². The van der Waals surface area contributed by atoms with E-state index in [0.717, 1.165) is 22.5 Å². The molecule has 0 saturated heterocycles. The van der Waals surface area contributed by atoms with Crippen molar-refractivity contribution >= 4 is 11.6 Å². The van der Waals surface area contributed by atoms with Gasteiger partial charge >= 0.3 is 0 Å². The van der Waals surface area contributed by atoms with Crippen LogP contribution >= 0.6 is 11.6 Å². The number of nitrogens with two attached hydrogens (primary N) is 1. The van der Waals surface area contributed by atoms with Gasteiger partial charge in [-0.2, -0.15) is 5.10 Å². The summed E-state index contributed by atoms with van der Waals surface area (Å²) in [6, 6.07) is 5.57. The first-order valence-electron chi connectivity index (χ1n) is 5.25. The van der Waals surface area contributed by atoms with E-state index in [2.05, 4.69) is 10.2 Å². The Morgan fingerprint density at radius 2 is 2.24 bits per heavy atom. The monoisotopic (exact) mass is 251 g/mol. The SMILES string of the molecule is COc1ccc(-c2n[nH]c(C)c2CN)cc1Cl. The molecule has 0 aliphatic heterocycles. The number of aromatic nitrogens is 2. The van der Waals surface area contributed by atoms with Crippen LogP contribution in [0.2, 0.25) is 5.02 Å². The molecular weight excluding hydrogens is 238 g/mol. The Morgan fingerprint density at radius 1 is 1.47 bits per heavy atom. The molecule has 90 valence electrons. The maximum absolute atomic E-state index is 6.09. The number of nitrogens with one attached hydrogen (secondary N) is 1. The number of rotatable bonds is 3. The van der Waals surface area contributed by atoms with Gasteiger partial charge in [-0.05, 0) is 25.1 Å². The van der Waals surface area contributed by atoms with E-state index in [1.54, 1.807) is 7.11 Å². The van der Waals surface area contributed by atoms with Crippen LogP contribution in [0.3, 0.4) is 0 Å². The first-order valence-corrected chi connectivity index (χ1v) is 5.63. The molecule has 2 rings (SSSR count). The first-order chi connectivity index (χ1) is 8.17. The second kappa shape index (κ2) is 4.77. The Balaban J connectivity index is 2.49. The minimum absolute atomic E-state index is 0.446. The Kier molecular flexibility index (Phi) is 3.36. The molecule has 2 aromatic rings. The van der Waals surface area contributed by atoms with Gasteiger partial charge in [-0.1, -0.05) is 11.6 Å². The zero-order chi connectivity index (χ0) is 12.4. The third-order valence-corrected chi connectivity index (χ3v) is 3.00. The molecule has 0 aliphatic carbocycles. The lowest BCUT2D eigenvalue weighted by Gasteiger charge is -2.05. The second-order valence-corrected chi connectivity index (χ2v) is 4.14. The summed E-state index contributed by atoms with van der Waals surface area (Å²) in [5.41, 5.74) is 9.47. The van der Waals surface area contributed by atoms with E-state index >= 15 is 0 Å². The molecule has 3 N–H and O–H groups in total. The molecule has 0 bridgehead atoms. The quantitative estimate of drug-likeness (QED) is 0.881. The molecular formula is C12H14ClN3O. The third kappa shape index (κ3) is 2.14. The number of halogens is 1. The lowest BCUT2D eigenvalue weighted by molar-refractivity contribution is 0.415. The topological polar surface area (TPSA) is 63.9 Å². The highest BCUT2D eigenvalue weighted by Crippen LogP contribution is 2.31. The van der Waals surface area contributed by atoms with E-state index in [9.17, 15) is 0 Å². The summed E-state index contributed by atoms with van der Waals surface area (Å²) in [6.07, 6.45) is 0. The summed E-state index contributed by atoms with van der Waals surface area (Å²) in [4.78, 5) is 0. The lowest BCUT2D eigenvalue weighted by Crippen LogP contribution is -1.99. The molecule has 0 amide bonds. The summed E-state index contributed by atoms with van der Waals surface area (Å²) in [5.74, 6) is 0.650. The van der Waals surface area contributed by atoms with Crippen LogP contribution in [0, 0.1) is 6.92 Å². The van der Waals surface area contributed by atoms with Crippen molar-refractivity contribution in [1.29, 1.82) is 0 Å². The van der Waals surface area contributed by atoms with Crippen LogP contribution in [0.15, 0.2) is 18.2 Å². The molecule has 1 aromatic carbocycles. The highest BCUT2D eigenvalue weighted by molar-refractivity contribution is 6.32. The fourth-order valence-electron chi connectivity index (χ4n) is 1.75. The summed E-state index contributed by atoms with van der Waals surface area (Å²) < 4.78 is 5.11. The van der Waals surface area contributed by atoms with E-state index in [1.165, 1.54) is 0 Å². The number of hydrogen-bond acceptors (Lipinski definition) is 3. The van der Waals surface area contributed by atoms with Crippen LogP contribution in [-0.2, 0) is 6.54 Å². The van der Waals surface area contributed by atoms with Crippen molar-refractivity contribution in [2.45, 2.75) is 13.5 Å². The summed E-state index contributed by atoms with van der Waals surface area (Å²) >= 11 is 6.09. The van der Waals surface area contributed by atoms with E-state index in [4.69, 9.17) is 22.1 Å². The standard InChI is InChI=1S/C12H14ClN3O/c1-7-9(6-14)12(16-15-7)8-3-4-11(17-2)10(13)5-8/h3-5H,6,14H2,1-2H3,(H,15,16). The van der Waals surface area contributed by atoms with Crippen molar-refractivity contribution in [2.75, 3.05) is 7.11 Å². The van der Waals surface area contributed by atoms with Gasteiger partial charge in [-0.3, -0.25) is 5.10 Å². The lowest BCUT2D eigenvalue weighted by atomic mass is 10.1. The number of nitrogens with zero attached hydrogens (tertiary/aromatic N) is 1. The second-order valence-electron chi connectivity index (χ2n) is 3.73. The maximum atomic E-state index is 6.09. The fourth-order valence-corrected chi connectivity index (χ4v) is 2.01. The molecule has 0 fully saturated rings. The fraction of sp³-hybridized carbons (Fsp3) is 0.250. The highest BCUT2D eigenvalue weighted by atomic mass is 35.5. The number of aryl methyl sites for hydroxylation is 1. The van der Waals surface area contributed by atoms with Crippen LogP contribution in [0.1, 0.15) is 11.3 Å². The van der Waals surface area contributed by atoms with Crippen molar-refractivity contribution in [2.24, 2.45) is 5.73 Å². The zero-order valence-corrected chi connectivity index (χ0v) is 10.5. The van der Waals surface area contributed by atoms with Gasteiger partial charge in [0.25, 0.3) is 0 Å². The van der Waals surface area contributed by atoms with Gasteiger partial charge in [0.1, 0.15) is 5.75 Å². The average molecular weight is 252 g/mol. The van der Waals surface area contributed by atoms with Crippen molar-refractivity contribution in [3.63, 3.8) is 0 Å². The predicted octanol–water partition coefficient (Wildman–Crippen LogP) is 2.51. The highest BCUT2D eigenvalue weighted by Gasteiger charge is 2.12. The molecule has 0 radical (unpaired) electrons. The minimum Gasteiger partial charge on any atom is -0.495 e. The van der Waals surface area contributed by atoms with Gasteiger partial charge in [0.05, 0.1) is 17.8 Å². The van der Waals surface area contributed by atoms with Crippen LogP contribution in [-0.4, -0.2) is 17.3 Å². The molecule has 1 aromatic heterocycles. The number of aromatic amines is 1. The minimum atomic E-state index is 0.446. The van der Waals surface area contributed by atoms with Crippen molar-refractivity contribution in [3.05, 3.63) is 34.5 Å². The van der Waals surface area contributed by atoms with E-state index in [1.807, 2.05) is 25.1 Å². The largest absolute Gasteiger partial charge is 0.495 e. The number of methoxy groups -OCH3 is 1. The molecule has 0 spiro atoms. The predicted molar refractivity (Wildman–Crippen MR) is 68.2 cm³/mol. The Bertz CT molecular complexity index is 537. The summed E-state index contributed by atoms with van der Waals surface area (Å²) in [7, 11) is 1.59. The normalized spacial score (nSPS) is 10.6. The van der Waals surface area contributed by atoms with E-state index < -0.39 is 0 Å². The van der Waals surface area contributed by atoms with Crippen LogP contribution < -0.4 is 10.5 Å². The van der Waals surface area contributed by atoms with Gasteiger partial charge < -0.3 is 10.5 Å². The Labute approximate surface area is 105 Å². The molecule has 4 nitrogen and oxygen atoms in total. The average Bonchev–Trinajstić information content (AvgIpc) is 2.70. The first kappa shape index (κ1) is 12.0. The van der Waals surface area contributed by atoms with Crippen molar-refractivity contribution in [3.8, 4) is 17.0 Å². The number of hydrogen-bond donors (Lipinski definition) is 2. The number of H-pyrrole nitrogens is 1. The molecule has 5 heteroatoms. The van der Waals surface area contributed by atoms with Crippen LogP contribution in [0.5, 0.6) is 5.75 Å². The smallest absolute Gasteiger partial charge is 0.137 e. The molecule has 0 unspecified atom stereocenters. The Morgan fingerprint density at radius 3 is 2.82 bits per heavy atom. The summed E-state index contributed by atoms with van der Waals surface area (Å²) in [5, 5.41) is 7.74. The zero-order valence-electron chi connectivity index (χ0n) is 9.75. The molecule has 0 aliphatic rings. The molecule has 17 heavy (non-hydrogen) atoms. The molecule has 0 saturated carbocycles. The maximum Gasteiger partial charge on any atom is 0.137 e. The van der Waals surface area contributed by atoms with Gasteiger partial charge in [-0.25, -0.2) is 0 Å². The van der Waals surface area contributed by atoms with Gasteiger partial charge in [-0.15, -0.1) is 0 Å². The third-order valence-electron chi connectivity index (χ3n) is 2.70. The molecule has 0 atom stereocenters. The van der Waals surface area contributed by atoms with E-state index in [0.29, 0.717) is 17.3 Å². The van der Waals surface area contributed by atoms with Gasteiger partial charge in [0, 0.05) is 23.4 Å². The summed E-state index contributed by atoms with van der Waals surface area (Å²) in [6.45, 7) is 2.39. The number of benzene rings is 1. The van der Waals surface area contributed by atoms with Crippen LogP contribution in [0.4, 0.5) is 0 Å². The Hall–Kier alpha value is -1.52.